The lowest BCUT2D eigenvalue weighted by molar-refractivity contribution is -0.131. The van der Waals surface area contributed by atoms with E-state index in [-0.39, 0.29) is 17.4 Å². The van der Waals surface area contributed by atoms with Gasteiger partial charge >= 0.3 is 5.97 Å². The van der Waals surface area contributed by atoms with E-state index in [4.69, 9.17) is 21.4 Å². The number of aliphatic carboxylic acids is 1. The molecule has 1 N–H and O–H groups in total. The Hall–Kier alpha value is -1.85. The molecule has 0 aliphatic heterocycles. The molecule has 1 heterocycles. The highest BCUT2D eigenvalue weighted by Crippen LogP contribution is 2.26. The first-order valence-corrected chi connectivity index (χ1v) is 6.82. The fourth-order valence-corrected chi connectivity index (χ4v) is 2.45. The summed E-state index contributed by atoms with van der Waals surface area (Å²) in [6, 6.07) is 8.13. The Balaban J connectivity index is 2.01. The maximum Gasteiger partial charge on any atom is 0.328 e. The summed E-state index contributed by atoms with van der Waals surface area (Å²) in [5.74, 6) is -1.50. The van der Waals surface area contributed by atoms with Crippen LogP contribution in [0.15, 0.2) is 36.4 Å². The zero-order valence-electron chi connectivity index (χ0n) is 10.2. The SMILES string of the molecule is O=C(O)/C=C/c1ccc(COc2cccc(Cl)c2F)s1. The van der Waals surface area contributed by atoms with Crippen LogP contribution < -0.4 is 4.74 Å². The van der Waals surface area contributed by atoms with Crippen LogP contribution in [0.2, 0.25) is 5.02 Å². The molecule has 20 heavy (non-hydrogen) atoms. The Morgan fingerprint density at radius 1 is 1.40 bits per heavy atom. The number of hydrogen-bond donors (Lipinski definition) is 1. The Morgan fingerprint density at radius 3 is 2.95 bits per heavy atom. The van der Waals surface area contributed by atoms with Gasteiger partial charge in [-0.3, -0.25) is 0 Å². The molecule has 0 bridgehead atoms. The number of ether oxygens (including phenoxy) is 1. The normalized spacial score (nSPS) is 10.9. The fraction of sp³-hybridized carbons (Fsp3) is 0.0714. The van der Waals surface area contributed by atoms with E-state index in [9.17, 15) is 9.18 Å². The summed E-state index contributed by atoms with van der Waals surface area (Å²) in [6.45, 7) is 0.197. The smallest absolute Gasteiger partial charge is 0.328 e. The Labute approximate surface area is 123 Å². The monoisotopic (exact) mass is 312 g/mol. The molecule has 0 spiro atoms. The van der Waals surface area contributed by atoms with Crippen molar-refractivity contribution in [3.63, 3.8) is 0 Å². The average molecular weight is 313 g/mol. The van der Waals surface area contributed by atoms with E-state index in [1.807, 2.05) is 0 Å². The number of carbonyl (C=O) groups is 1. The van der Waals surface area contributed by atoms with E-state index >= 15 is 0 Å². The van der Waals surface area contributed by atoms with Gasteiger partial charge in [0.25, 0.3) is 0 Å². The van der Waals surface area contributed by atoms with Crippen molar-refractivity contribution in [1.82, 2.24) is 0 Å². The first-order valence-electron chi connectivity index (χ1n) is 5.63. The second-order valence-corrected chi connectivity index (χ2v) is 5.42. The van der Waals surface area contributed by atoms with Gasteiger partial charge in [0.15, 0.2) is 11.6 Å². The Bertz CT molecular complexity index is 652. The van der Waals surface area contributed by atoms with Gasteiger partial charge in [0.05, 0.1) is 5.02 Å². The van der Waals surface area contributed by atoms with E-state index in [0.29, 0.717) is 0 Å². The molecule has 0 unspecified atom stereocenters. The number of carboxylic acid groups (broad SMARTS) is 1. The number of halogens is 2. The number of benzene rings is 1. The maximum absolute atomic E-state index is 13.6. The number of thiophene rings is 1. The van der Waals surface area contributed by atoms with Gasteiger partial charge < -0.3 is 9.84 Å². The minimum Gasteiger partial charge on any atom is -0.485 e. The highest BCUT2D eigenvalue weighted by Gasteiger charge is 2.08. The molecule has 6 heteroatoms. The van der Waals surface area contributed by atoms with E-state index in [1.165, 1.54) is 29.5 Å². The molecular formula is C14H10ClFO3S. The van der Waals surface area contributed by atoms with Crippen molar-refractivity contribution in [3.8, 4) is 5.75 Å². The van der Waals surface area contributed by atoms with Crippen molar-refractivity contribution in [3.05, 3.63) is 57.0 Å². The quantitative estimate of drug-likeness (QED) is 0.841. The molecule has 2 aromatic rings. The summed E-state index contributed by atoms with van der Waals surface area (Å²) >= 11 is 7.03. The summed E-state index contributed by atoms with van der Waals surface area (Å²) in [5, 5.41) is 8.54. The molecule has 1 aromatic carbocycles. The van der Waals surface area contributed by atoms with Gasteiger partial charge in [-0.1, -0.05) is 17.7 Å². The van der Waals surface area contributed by atoms with E-state index in [2.05, 4.69) is 0 Å². The molecule has 0 radical (unpaired) electrons. The first kappa shape index (κ1) is 14.6. The first-order chi connectivity index (χ1) is 9.56. The summed E-state index contributed by atoms with van der Waals surface area (Å²) in [4.78, 5) is 12.0. The minimum atomic E-state index is -1.00. The maximum atomic E-state index is 13.6. The molecule has 0 aliphatic rings. The van der Waals surface area contributed by atoms with Crippen LogP contribution in [0.5, 0.6) is 5.75 Å². The van der Waals surface area contributed by atoms with Crippen molar-refractivity contribution < 1.29 is 19.0 Å². The van der Waals surface area contributed by atoms with Gasteiger partial charge in [0, 0.05) is 15.8 Å². The molecule has 1 aromatic heterocycles. The van der Waals surface area contributed by atoms with Gasteiger partial charge in [-0.2, -0.15) is 0 Å². The summed E-state index contributed by atoms with van der Waals surface area (Å²) in [7, 11) is 0. The molecule has 0 saturated heterocycles. The summed E-state index contributed by atoms with van der Waals surface area (Å²) in [6.07, 6.45) is 2.56. The predicted octanol–water partition coefficient (Wildman–Crippen LogP) is 4.22. The largest absolute Gasteiger partial charge is 0.485 e. The zero-order chi connectivity index (χ0) is 14.5. The van der Waals surface area contributed by atoms with Crippen molar-refractivity contribution in [2.75, 3.05) is 0 Å². The minimum absolute atomic E-state index is 0.0127. The van der Waals surface area contributed by atoms with Crippen LogP contribution in [-0.4, -0.2) is 11.1 Å². The second-order valence-electron chi connectivity index (χ2n) is 3.82. The van der Waals surface area contributed by atoms with Crippen LogP contribution in [0.4, 0.5) is 4.39 Å². The van der Waals surface area contributed by atoms with Crippen molar-refractivity contribution in [2.24, 2.45) is 0 Å². The van der Waals surface area contributed by atoms with Crippen LogP contribution >= 0.6 is 22.9 Å². The lowest BCUT2D eigenvalue weighted by atomic mass is 10.3. The van der Waals surface area contributed by atoms with Crippen LogP contribution in [0, 0.1) is 5.82 Å². The Morgan fingerprint density at radius 2 is 2.20 bits per heavy atom. The molecular weight excluding hydrogens is 303 g/mol. The number of hydrogen-bond acceptors (Lipinski definition) is 3. The van der Waals surface area contributed by atoms with Gasteiger partial charge in [-0.15, -0.1) is 11.3 Å². The molecule has 104 valence electrons. The molecule has 0 aliphatic carbocycles. The van der Waals surface area contributed by atoms with Crippen LogP contribution in [0.1, 0.15) is 9.75 Å². The molecule has 0 saturated carbocycles. The van der Waals surface area contributed by atoms with Gasteiger partial charge in [0.2, 0.25) is 0 Å². The lowest BCUT2D eigenvalue weighted by Gasteiger charge is -2.06. The molecule has 0 atom stereocenters. The Kier molecular flexibility index (Phi) is 4.76. The van der Waals surface area contributed by atoms with Crippen LogP contribution in [0.25, 0.3) is 6.08 Å². The van der Waals surface area contributed by atoms with Gasteiger partial charge in [-0.05, 0) is 30.3 Å². The third kappa shape index (κ3) is 3.82. The highest BCUT2D eigenvalue weighted by molar-refractivity contribution is 7.12. The van der Waals surface area contributed by atoms with E-state index in [1.54, 1.807) is 18.2 Å². The fourth-order valence-electron chi connectivity index (χ4n) is 1.46. The molecule has 0 amide bonds. The summed E-state index contributed by atoms with van der Waals surface area (Å²) in [5.41, 5.74) is 0. The second kappa shape index (κ2) is 6.54. The van der Waals surface area contributed by atoms with Crippen molar-refractivity contribution in [1.29, 1.82) is 0 Å². The van der Waals surface area contributed by atoms with Gasteiger partial charge in [-0.25, -0.2) is 9.18 Å². The summed E-state index contributed by atoms with van der Waals surface area (Å²) < 4.78 is 18.9. The van der Waals surface area contributed by atoms with Crippen molar-refractivity contribution >= 4 is 35.0 Å². The van der Waals surface area contributed by atoms with E-state index < -0.39 is 11.8 Å². The van der Waals surface area contributed by atoms with Gasteiger partial charge in [0.1, 0.15) is 6.61 Å². The average Bonchev–Trinajstić information content (AvgIpc) is 2.86. The third-order valence-electron chi connectivity index (χ3n) is 2.36. The number of carboxylic acids is 1. The molecule has 0 fully saturated rings. The van der Waals surface area contributed by atoms with Crippen molar-refractivity contribution in [2.45, 2.75) is 6.61 Å². The number of rotatable bonds is 5. The van der Waals surface area contributed by atoms with E-state index in [0.717, 1.165) is 15.8 Å². The standard InChI is InChI=1S/C14H10ClFO3S/c15-11-2-1-3-12(14(11)16)19-8-10-5-4-9(20-10)6-7-13(17)18/h1-7H,8H2,(H,17,18)/b7-6+. The molecule has 3 nitrogen and oxygen atoms in total. The van der Waals surface area contributed by atoms with Crippen LogP contribution in [-0.2, 0) is 11.4 Å². The highest BCUT2D eigenvalue weighted by atomic mass is 35.5. The molecule has 2 rings (SSSR count). The predicted molar refractivity (Wildman–Crippen MR) is 76.7 cm³/mol. The van der Waals surface area contributed by atoms with Crippen LogP contribution in [0.3, 0.4) is 0 Å². The lowest BCUT2D eigenvalue weighted by Crippen LogP contribution is -1.95. The topological polar surface area (TPSA) is 46.5 Å². The zero-order valence-corrected chi connectivity index (χ0v) is 11.7. The third-order valence-corrected chi connectivity index (χ3v) is 3.67.